The van der Waals surface area contributed by atoms with Crippen LogP contribution >= 0.6 is 0 Å². The van der Waals surface area contributed by atoms with Gasteiger partial charge in [-0.1, -0.05) is 31.2 Å². The molecule has 0 saturated carbocycles. The van der Waals surface area contributed by atoms with E-state index in [4.69, 9.17) is 5.73 Å². The molecule has 5 heteroatoms. The summed E-state index contributed by atoms with van der Waals surface area (Å²) in [5, 5.41) is 6.79. The van der Waals surface area contributed by atoms with E-state index < -0.39 is 0 Å². The van der Waals surface area contributed by atoms with Crippen LogP contribution in [0.3, 0.4) is 0 Å². The molecule has 1 aromatic heterocycles. The van der Waals surface area contributed by atoms with Crippen molar-refractivity contribution in [3.63, 3.8) is 0 Å². The molecule has 0 aliphatic carbocycles. The summed E-state index contributed by atoms with van der Waals surface area (Å²) in [5.74, 6) is -0.211. The van der Waals surface area contributed by atoms with Crippen LogP contribution in [0.5, 0.6) is 0 Å². The minimum atomic E-state index is -0.211. The Bertz CT molecular complexity index is 552. The molecule has 19 heavy (non-hydrogen) atoms. The second-order valence-electron chi connectivity index (χ2n) is 4.42. The lowest BCUT2D eigenvalue weighted by atomic mass is 10.1. The molecule has 100 valence electrons. The number of nitrogens with two attached hydrogens (primary N) is 1. The molecule has 2 rings (SSSR count). The minimum Gasteiger partial charge on any atom is -0.396 e. The predicted octanol–water partition coefficient (Wildman–Crippen LogP) is 1.49. The molecular weight excluding hydrogens is 240 g/mol. The number of anilines is 1. The van der Waals surface area contributed by atoms with Crippen LogP contribution in [0.4, 0.5) is 5.69 Å². The molecule has 0 unspecified atom stereocenters. The van der Waals surface area contributed by atoms with Gasteiger partial charge in [-0.05, 0) is 17.5 Å². The number of aromatic nitrogens is 2. The van der Waals surface area contributed by atoms with Crippen molar-refractivity contribution in [1.82, 2.24) is 15.1 Å². The van der Waals surface area contributed by atoms with Crippen LogP contribution in [0.25, 0.3) is 0 Å². The van der Waals surface area contributed by atoms with Gasteiger partial charge < -0.3 is 11.1 Å². The van der Waals surface area contributed by atoms with E-state index in [1.165, 1.54) is 16.4 Å². The van der Waals surface area contributed by atoms with E-state index in [0.29, 0.717) is 17.9 Å². The third-order valence-corrected chi connectivity index (χ3v) is 3.07. The Morgan fingerprint density at radius 1 is 1.32 bits per heavy atom. The highest BCUT2D eigenvalue weighted by molar-refractivity contribution is 5.97. The summed E-state index contributed by atoms with van der Waals surface area (Å²) >= 11 is 0. The van der Waals surface area contributed by atoms with Crippen LogP contribution in [0, 0.1) is 0 Å². The summed E-state index contributed by atoms with van der Waals surface area (Å²) in [7, 11) is 1.70. The number of aryl methyl sites for hydroxylation is 2. The molecule has 0 bridgehead atoms. The number of nitrogens with zero attached hydrogens (tertiary/aromatic N) is 2. The first-order chi connectivity index (χ1) is 9.11. The Morgan fingerprint density at radius 3 is 2.47 bits per heavy atom. The van der Waals surface area contributed by atoms with Gasteiger partial charge in [-0.3, -0.25) is 9.48 Å². The van der Waals surface area contributed by atoms with E-state index in [9.17, 15) is 4.79 Å². The van der Waals surface area contributed by atoms with Gasteiger partial charge in [0.2, 0.25) is 0 Å². The van der Waals surface area contributed by atoms with Crippen molar-refractivity contribution in [1.29, 1.82) is 0 Å². The van der Waals surface area contributed by atoms with E-state index in [1.54, 1.807) is 7.05 Å². The largest absolute Gasteiger partial charge is 0.396 e. The predicted molar refractivity (Wildman–Crippen MR) is 74.6 cm³/mol. The Kier molecular flexibility index (Phi) is 3.85. The molecule has 3 N–H and O–H groups in total. The fourth-order valence-corrected chi connectivity index (χ4v) is 1.89. The second-order valence-corrected chi connectivity index (χ2v) is 4.42. The van der Waals surface area contributed by atoms with Crippen LogP contribution in [-0.2, 0) is 20.0 Å². The van der Waals surface area contributed by atoms with Crippen LogP contribution in [-0.4, -0.2) is 15.7 Å². The Labute approximate surface area is 112 Å². The molecule has 0 aliphatic rings. The zero-order valence-corrected chi connectivity index (χ0v) is 11.2. The molecule has 0 radical (unpaired) electrons. The molecule has 0 atom stereocenters. The van der Waals surface area contributed by atoms with Crippen molar-refractivity contribution in [2.45, 2.75) is 19.9 Å². The second kappa shape index (κ2) is 5.56. The molecule has 0 aliphatic heterocycles. The van der Waals surface area contributed by atoms with Crippen LogP contribution < -0.4 is 11.1 Å². The number of benzene rings is 1. The number of amides is 1. The highest BCUT2D eigenvalue weighted by atomic mass is 16.2. The highest BCUT2D eigenvalue weighted by Crippen LogP contribution is 2.10. The van der Waals surface area contributed by atoms with E-state index in [0.717, 1.165) is 12.0 Å². The Balaban J connectivity index is 2.00. The van der Waals surface area contributed by atoms with E-state index in [2.05, 4.69) is 29.5 Å². The number of carbonyl (C=O) groups is 1. The minimum absolute atomic E-state index is 0.211. The van der Waals surface area contributed by atoms with Crippen molar-refractivity contribution in [3.8, 4) is 0 Å². The third kappa shape index (κ3) is 2.93. The van der Waals surface area contributed by atoms with E-state index in [-0.39, 0.29) is 5.91 Å². The van der Waals surface area contributed by atoms with Gasteiger partial charge in [0, 0.05) is 13.6 Å². The number of nitrogens with one attached hydrogen (secondary N) is 1. The van der Waals surface area contributed by atoms with Gasteiger partial charge in [0.25, 0.3) is 5.91 Å². The molecule has 1 amide bonds. The molecule has 0 saturated heterocycles. The monoisotopic (exact) mass is 258 g/mol. The molecule has 1 aromatic carbocycles. The summed E-state index contributed by atoms with van der Waals surface area (Å²) < 4.78 is 1.48. The maximum Gasteiger partial charge on any atom is 0.271 e. The standard InChI is InChI=1S/C14H18N4O/c1-3-10-4-6-11(7-5-10)8-16-14(19)13-12(15)9-17-18(13)2/h4-7,9H,3,8,15H2,1-2H3,(H,16,19). The molecule has 1 heterocycles. The summed E-state index contributed by atoms with van der Waals surface area (Å²) in [5.41, 5.74) is 8.83. The third-order valence-electron chi connectivity index (χ3n) is 3.07. The lowest BCUT2D eigenvalue weighted by Gasteiger charge is -2.07. The number of rotatable bonds is 4. The van der Waals surface area contributed by atoms with Crippen molar-refractivity contribution in [2.75, 3.05) is 5.73 Å². The lowest BCUT2D eigenvalue weighted by Crippen LogP contribution is -2.26. The van der Waals surface area contributed by atoms with Gasteiger partial charge >= 0.3 is 0 Å². The zero-order valence-electron chi connectivity index (χ0n) is 11.2. The summed E-state index contributed by atoms with van der Waals surface area (Å²) in [6, 6.07) is 8.18. The summed E-state index contributed by atoms with van der Waals surface area (Å²) in [6.45, 7) is 2.59. The average molecular weight is 258 g/mol. The van der Waals surface area contributed by atoms with Crippen molar-refractivity contribution >= 4 is 11.6 Å². The van der Waals surface area contributed by atoms with Crippen molar-refractivity contribution < 1.29 is 4.79 Å². The molecule has 5 nitrogen and oxygen atoms in total. The maximum atomic E-state index is 12.0. The Morgan fingerprint density at radius 2 is 1.95 bits per heavy atom. The quantitative estimate of drug-likeness (QED) is 0.872. The van der Waals surface area contributed by atoms with E-state index in [1.807, 2.05) is 12.1 Å². The van der Waals surface area contributed by atoms with Crippen LogP contribution in [0.1, 0.15) is 28.5 Å². The SMILES string of the molecule is CCc1ccc(CNC(=O)c2c(N)cnn2C)cc1. The summed E-state index contributed by atoms with van der Waals surface area (Å²) in [6.07, 6.45) is 2.49. The maximum absolute atomic E-state index is 12.0. The van der Waals surface area contributed by atoms with E-state index >= 15 is 0 Å². The van der Waals surface area contributed by atoms with Crippen LogP contribution in [0.15, 0.2) is 30.5 Å². The van der Waals surface area contributed by atoms with Crippen LogP contribution in [0.2, 0.25) is 0 Å². The lowest BCUT2D eigenvalue weighted by molar-refractivity contribution is 0.0942. The van der Waals surface area contributed by atoms with Gasteiger partial charge in [-0.15, -0.1) is 0 Å². The van der Waals surface area contributed by atoms with Crippen molar-refractivity contribution in [2.24, 2.45) is 7.05 Å². The molecule has 0 spiro atoms. The van der Waals surface area contributed by atoms with Gasteiger partial charge in [-0.2, -0.15) is 5.10 Å². The van der Waals surface area contributed by atoms with Gasteiger partial charge in [0.05, 0.1) is 11.9 Å². The first kappa shape index (κ1) is 13.1. The first-order valence-corrected chi connectivity index (χ1v) is 6.25. The smallest absolute Gasteiger partial charge is 0.271 e. The molecule has 0 fully saturated rings. The summed E-state index contributed by atoms with van der Waals surface area (Å²) in [4.78, 5) is 12.0. The van der Waals surface area contributed by atoms with Gasteiger partial charge in [0.15, 0.2) is 0 Å². The first-order valence-electron chi connectivity index (χ1n) is 6.25. The topological polar surface area (TPSA) is 72.9 Å². The average Bonchev–Trinajstić information content (AvgIpc) is 2.76. The number of nitrogen functional groups attached to an aromatic ring is 1. The zero-order chi connectivity index (χ0) is 13.8. The number of hydrogen-bond acceptors (Lipinski definition) is 3. The molecular formula is C14H18N4O. The normalized spacial score (nSPS) is 10.4. The fraction of sp³-hybridized carbons (Fsp3) is 0.286. The fourth-order valence-electron chi connectivity index (χ4n) is 1.89. The number of carbonyl (C=O) groups excluding carboxylic acids is 1. The van der Waals surface area contributed by atoms with Gasteiger partial charge in [0.1, 0.15) is 5.69 Å². The van der Waals surface area contributed by atoms with Gasteiger partial charge in [-0.25, -0.2) is 0 Å². The molecule has 2 aromatic rings. The number of hydrogen-bond donors (Lipinski definition) is 2. The van der Waals surface area contributed by atoms with Crippen molar-refractivity contribution in [3.05, 3.63) is 47.3 Å². The Hall–Kier alpha value is -2.30. The highest BCUT2D eigenvalue weighted by Gasteiger charge is 2.14.